The third kappa shape index (κ3) is 2.06. The molecule has 0 aliphatic heterocycles. The molecule has 86 valence electrons. The topological polar surface area (TPSA) is 59.6 Å². The van der Waals surface area contributed by atoms with E-state index in [1.165, 1.54) is 6.39 Å². The zero-order valence-electron chi connectivity index (χ0n) is 9.52. The van der Waals surface area contributed by atoms with E-state index >= 15 is 0 Å². The van der Waals surface area contributed by atoms with Crippen molar-refractivity contribution in [3.8, 4) is 0 Å². The Labute approximate surface area is 98.5 Å². The van der Waals surface area contributed by atoms with Crippen LogP contribution in [0.4, 0.5) is 0 Å². The van der Waals surface area contributed by atoms with E-state index in [9.17, 15) is 0 Å². The summed E-state index contributed by atoms with van der Waals surface area (Å²) >= 11 is 5.24. The van der Waals surface area contributed by atoms with Crippen molar-refractivity contribution < 1.29 is 4.52 Å². The average molecular weight is 238 g/mol. The predicted octanol–water partition coefficient (Wildman–Crippen LogP) is 2.27. The molecule has 5 nitrogen and oxygen atoms in total. The first kappa shape index (κ1) is 11.1. The summed E-state index contributed by atoms with van der Waals surface area (Å²) < 4.78 is 7.37. The fourth-order valence-electron chi connectivity index (χ4n) is 1.58. The predicted molar refractivity (Wildman–Crippen MR) is 61.7 cm³/mol. The number of H-pyrrole nitrogens is 1. The van der Waals surface area contributed by atoms with Gasteiger partial charge in [-0.15, -0.1) is 0 Å². The molecule has 0 aromatic carbocycles. The highest BCUT2D eigenvalue weighted by Gasteiger charge is 2.19. The first-order valence-corrected chi connectivity index (χ1v) is 5.43. The van der Waals surface area contributed by atoms with Crippen molar-refractivity contribution in [2.24, 2.45) is 0 Å². The zero-order chi connectivity index (χ0) is 11.8. The van der Waals surface area contributed by atoms with Crippen molar-refractivity contribution in [3.05, 3.63) is 28.9 Å². The maximum atomic E-state index is 5.24. The van der Waals surface area contributed by atoms with E-state index in [1.807, 2.05) is 10.8 Å². The first-order chi connectivity index (χ1) is 7.48. The van der Waals surface area contributed by atoms with E-state index in [-0.39, 0.29) is 5.41 Å². The molecule has 0 saturated heterocycles. The van der Waals surface area contributed by atoms with Gasteiger partial charge in [-0.05, 0) is 12.2 Å². The third-order valence-corrected chi connectivity index (χ3v) is 2.68. The van der Waals surface area contributed by atoms with E-state index in [0.29, 0.717) is 17.1 Å². The van der Waals surface area contributed by atoms with E-state index < -0.39 is 0 Å². The minimum Gasteiger partial charge on any atom is -0.343 e. The maximum Gasteiger partial charge on any atom is 0.213 e. The smallest absolute Gasteiger partial charge is 0.213 e. The summed E-state index contributed by atoms with van der Waals surface area (Å²) in [6.45, 7) is 6.94. The number of imidazole rings is 1. The molecular formula is C10H14N4OS. The van der Waals surface area contributed by atoms with E-state index in [4.69, 9.17) is 16.7 Å². The highest BCUT2D eigenvalue weighted by molar-refractivity contribution is 7.71. The molecule has 0 bridgehead atoms. The molecule has 2 aromatic rings. The van der Waals surface area contributed by atoms with E-state index in [0.717, 1.165) is 5.69 Å². The highest BCUT2D eigenvalue weighted by Crippen LogP contribution is 2.22. The molecule has 0 fully saturated rings. The van der Waals surface area contributed by atoms with Gasteiger partial charge in [-0.2, -0.15) is 4.98 Å². The Hall–Kier alpha value is -1.43. The number of nitrogens with zero attached hydrogens (tertiary/aromatic N) is 3. The van der Waals surface area contributed by atoms with Gasteiger partial charge in [0.2, 0.25) is 6.39 Å². The number of rotatable bonds is 2. The minimum absolute atomic E-state index is 0.0251. The maximum absolute atomic E-state index is 5.24. The molecule has 0 unspecified atom stereocenters. The van der Waals surface area contributed by atoms with Crippen LogP contribution in [0.5, 0.6) is 0 Å². The summed E-state index contributed by atoms with van der Waals surface area (Å²) in [6, 6.07) is 0. The van der Waals surface area contributed by atoms with Gasteiger partial charge in [0, 0.05) is 17.3 Å². The van der Waals surface area contributed by atoms with Crippen LogP contribution in [0.15, 0.2) is 17.1 Å². The van der Waals surface area contributed by atoms with Crippen LogP contribution < -0.4 is 0 Å². The molecule has 0 aliphatic carbocycles. The van der Waals surface area contributed by atoms with Gasteiger partial charge in [0.1, 0.15) is 0 Å². The van der Waals surface area contributed by atoms with Crippen LogP contribution in [0, 0.1) is 4.77 Å². The Morgan fingerprint density at radius 2 is 2.25 bits per heavy atom. The lowest BCUT2D eigenvalue weighted by molar-refractivity contribution is 0.406. The molecule has 0 spiro atoms. The van der Waals surface area contributed by atoms with E-state index in [1.54, 1.807) is 0 Å². The van der Waals surface area contributed by atoms with E-state index in [2.05, 4.69) is 35.9 Å². The molecule has 2 heterocycles. The lowest BCUT2D eigenvalue weighted by Crippen LogP contribution is -2.18. The third-order valence-electron chi connectivity index (χ3n) is 2.34. The van der Waals surface area contributed by atoms with Crippen LogP contribution in [0.2, 0.25) is 0 Å². The standard InChI is InChI=1S/C10H14N4OS/c1-10(2,3)7-4-11-9(16)14(7)5-8-12-6-15-13-8/h4,6H,5H2,1-3H3,(H,11,16). The number of nitrogens with one attached hydrogen (secondary N) is 1. The van der Waals surface area contributed by atoms with Crippen molar-refractivity contribution in [3.63, 3.8) is 0 Å². The fourth-order valence-corrected chi connectivity index (χ4v) is 1.80. The summed E-state index contributed by atoms with van der Waals surface area (Å²) in [4.78, 5) is 7.04. The van der Waals surface area contributed by atoms with Crippen molar-refractivity contribution in [1.82, 2.24) is 19.7 Å². The summed E-state index contributed by atoms with van der Waals surface area (Å²) in [5.74, 6) is 0.626. The van der Waals surface area contributed by atoms with Crippen LogP contribution in [0.1, 0.15) is 32.3 Å². The van der Waals surface area contributed by atoms with Gasteiger partial charge in [0.25, 0.3) is 0 Å². The van der Waals surface area contributed by atoms with Crippen LogP contribution >= 0.6 is 12.2 Å². The summed E-state index contributed by atoms with van der Waals surface area (Å²) in [5, 5.41) is 3.79. The number of hydrogen-bond acceptors (Lipinski definition) is 4. The van der Waals surface area contributed by atoms with Gasteiger partial charge in [0.15, 0.2) is 10.6 Å². The number of aromatic nitrogens is 4. The first-order valence-electron chi connectivity index (χ1n) is 5.02. The Kier molecular flexibility index (Phi) is 2.67. The van der Waals surface area contributed by atoms with Gasteiger partial charge in [0.05, 0.1) is 6.54 Å². The van der Waals surface area contributed by atoms with Crippen molar-refractivity contribution in [2.75, 3.05) is 0 Å². The second-order valence-corrected chi connectivity index (χ2v) is 5.05. The Morgan fingerprint density at radius 1 is 1.50 bits per heavy atom. The summed E-state index contributed by atoms with van der Waals surface area (Å²) in [6.07, 6.45) is 3.25. The molecule has 0 atom stereocenters. The lowest BCUT2D eigenvalue weighted by Gasteiger charge is -2.19. The zero-order valence-corrected chi connectivity index (χ0v) is 10.3. The Morgan fingerprint density at radius 3 is 2.81 bits per heavy atom. The SMILES string of the molecule is CC(C)(C)c1c[nH]c(=S)n1Cc1ncon1. The monoisotopic (exact) mass is 238 g/mol. The van der Waals surface area contributed by atoms with Gasteiger partial charge >= 0.3 is 0 Å². The molecule has 2 rings (SSSR count). The Bertz CT molecular complexity index is 518. The molecule has 16 heavy (non-hydrogen) atoms. The second kappa shape index (κ2) is 3.86. The van der Waals surface area contributed by atoms with Crippen LogP contribution in [0.25, 0.3) is 0 Å². The van der Waals surface area contributed by atoms with Gasteiger partial charge in [-0.3, -0.25) is 0 Å². The molecule has 1 N–H and O–H groups in total. The largest absolute Gasteiger partial charge is 0.343 e. The lowest BCUT2D eigenvalue weighted by atomic mass is 9.92. The average Bonchev–Trinajstić information content (AvgIpc) is 2.76. The van der Waals surface area contributed by atoms with Gasteiger partial charge < -0.3 is 14.1 Å². The van der Waals surface area contributed by atoms with Crippen LogP contribution in [-0.2, 0) is 12.0 Å². The second-order valence-electron chi connectivity index (χ2n) is 4.66. The van der Waals surface area contributed by atoms with Crippen molar-refractivity contribution >= 4 is 12.2 Å². The quantitative estimate of drug-likeness (QED) is 0.815. The number of hydrogen-bond donors (Lipinski definition) is 1. The minimum atomic E-state index is 0.0251. The normalized spacial score (nSPS) is 11.9. The van der Waals surface area contributed by atoms with Crippen LogP contribution in [0.3, 0.4) is 0 Å². The highest BCUT2D eigenvalue weighted by atomic mass is 32.1. The fraction of sp³-hybridized carbons (Fsp3) is 0.500. The van der Waals surface area contributed by atoms with Crippen molar-refractivity contribution in [1.29, 1.82) is 0 Å². The van der Waals surface area contributed by atoms with Gasteiger partial charge in [-0.1, -0.05) is 25.9 Å². The molecule has 0 saturated carbocycles. The van der Waals surface area contributed by atoms with Crippen molar-refractivity contribution in [2.45, 2.75) is 32.7 Å². The molecule has 0 amide bonds. The molecule has 6 heteroatoms. The van der Waals surface area contributed by atoms with Crippen LogP contribution in [-0.4, -0.2) is 19.7 Å². The Balaban J connectivity index is 2.40. The summed E-state index contributed by atoms with van der Waals surface area (Å²) in [7, 11) is 0. The molecular weight excluding hydrogens is 224 g/mol. The van der Waals surface area contributed by atoms with Gasteiger partial charge in [-0.25, -0.2) is 0 Å². The molecule has 2 aromatic heterocycles. The summed E-state index contributed by atoms with van der Waals surface area (Å²) in [5.41, 5.74) is 1.15. The molecule has 0 radical (unpaired) electrons. The number of aromatic amines is 1. The molecule has 0 aliphatic rings.